The minimum atomic E-state index is -1.14. The second-order valence-corrected chi connectivity index (χ2v) is 4.84. The second-order valence-electron chi connectivity index (χ2n) is 4.84. The smallest absolute Gasteiger partial charge is 0.358 e. The number of carboxylic acid groups (broad SMARTS) is 1. The number of hydrogen-bond acceptors (Lipinski definition) is 5. The van der Waals surface area contributed by atoms with Crippen LogP contribution in [0.5, 0.6) is 0 Å². The molecule has 0 spiro atoms. The maximum Gasteiger partial charge on any atom is 0.358 e. The summed E-state index contributed by atoms with van der Waals surface area (Å²) in [5.41, 5.74) is 0.919. The van der Waals surface area contributed by atoms with Gasteiger partial charge in [-0.05, 0) is 31.4 Å². The third kappa shape index (κ3) is 2.05. The molecular formula is C13H14N4O3. The zero-order valence-electron chi connectivity index (χ0n) is 10.7. The highest BCUT2D eigenvalue weighted by Crippen LogP contribution is 2.34. The van der Waals surface area contributed by atoms with E-state index < -0.39 is 12.1 Å². The van der Waals surface area contributed by atoms with Crippen LogP contribution in [0.3, 0.4) is 0 Å². The van der Waals surface area contributed by atoms with E-state index >= 15 is 0 Å². The predicted octanol–water partition coefficient (Wildman–Crippen LogP) is 1.12. The summed E-state index contributed by atoms with van der Waals surface area (Å²) in [5, 5.41) is 27.0. The minimum Gasteiger partial charge on any atom is -0.476 e. The van der Waals surface area contributed by atoms with Crippen molar-refractivity contribution in [2.45, 2.75) is 31.4 Å². The summed E-state index contributed by atoms with van der Waals surface area (Å²) in [6, 6.07) is 3.25. The van der Waals surface area contributed by atoms with Gasteiger partial charge < -0.3 is 10.2 Å². The number of aliphatic hydroxyl groups excluding tert-OH is 1. The summed E-state index contributed by atoms with van der Waals surface area (Å²) in [7, 11) is 0. The lowest BCUT2D eigenvalue weighted by atomic mass is 10.1. The number of rotatable bonds is 3. The van der Waals surface area contributed by atoms with Crippen LogP contribution in [0.1, 0.15) is 35.8 Å². The number of hydrogen-bond donors (Lipinski definition) is 2. The largest absolute Gasteiger partial charge is 0.476 e. The fourth-order valence-corrected chi connectivity index (χ4v) is 2.65. The fraction of sp³-hybridized carbons (Fsp3) is 0.385. The summed E-state index contributed by atoms with van der Waals surface area (Å²) in [6.45, 7) is 0. The third-order valence-corrected chi connectivity index (χ3v) is 3.59. The monoisotopic (exact) mass is 274 g/mol. The molecule has 2 aromatic rings. The van der Waals surface area contributed by atoms with Crippen LogP contribution in [0.2, 0.25) is 0 Å². The first kappa shape index (κ1) is 12.7. The van der Waals surface area contributed by atoms with E-state index in [0.29, 0.717) is 17.7 Å². The van der Waals surface area contributed by atoms with E-state index in [4.69, 9.17) is 0 Å². The van der Waals surface area contributed by atoms with E-state index in [-0.39, 0.29) is 11.7 Å². The molecular weight excluding hydrogens is 260 g/mol. The molecule has 3 rings (SSSR count). The number of carbonyl (C=O) groups is 1. The van der Waals surface area contributed by atoms with E-state index in [1.54, 1.807) is 24.5 Å². The molecule has 0 radical (unpaired) electrons. The van der Waals surface area contributed by atoms with E-state index in [1.165, 1.54) is 4.68 Å². The maximum absolute atomic E-state index is 11.3. The Balaban J connectivity index is 2.14. The Labute approximate surface area is 114 Å². The van der Waals surface area contributed by atoms with Gasteiger partial charge in [-0.1, -0.05) is 5.21 Å². The highest BCUT2D eigenvalue weighted by Gasteiger charge is 2.32. The molecule has 2 heterocycles. The van der Waals surface area contributed by atoms with Crippen molar-refractivity contribution in [3.63, 3.8) is 0 Å². The zero-order chi connectivity index (χ0) is 14.1. The number of carboxylic acids is 1. The summed E-state index contributed by atoms with van der Waals surface area (Å²) < 4.78 is 1.53. The standard InChI is InChI=1S/C13H14N4O3/c18-10-5-1-4-9(10)17-12(8-3-2-6-14-7-8)11(13(19)20)15-16-17/h2-3,6-7,9-10,18H,1,4-5H2,(H,19,20). The number of aliphatic hydroxyl groups is 1. The van der Waals surface area contributed by atoms with Crippen LogP contribution in [0.4, 0.5) is 0 Å². The van der Waals surface area contributed by atoms with Crippen LogP contribution in [-0.2, 0) is 0 Å². The van der Waals surface area contributed by atoms with Crippen molar-refractivity contribution in [1.82, 2.24) is 20.0 Å². The Morgan fingerprint density at radius 3 is 2.85 bits per heavy atom. The summed E-state index contributed by atoms with van der Waals surface area (Å²) in [5.74, 6) is -1.14. The molecule has 1 fully saturated rings. The first-order valence-corrected chi connectivity index (χ1v) is 6.45. The number of nitrogens with zero attached hydrogens (tertiary/aromatic N) is 4. The van der Waals surface area contributed by atoms with Gasteiger partial charge in [-0.3, -0.25) is 4.98 Å². The van der Waals surface area contributed by atoms with Crippen LogP contribution < -0.4 is 0 Å². The van der Waals surface area contributed by atoms with Gasteiger partial charge >= 0.3 is 5.97 Å². The normalized spacial score (nSPS) is 22.1. The Morgan fingerprint density at radius 1 is 1.40 bits per heavy atom. The molecule has 0 aromatic carbocycles. The van der Waals surface area contributed by atoms with Gasteiger partial charge in [0.1, 0.15) is 5.69 Å². The number of aromatic carboxylic acids is 1. The molecule has 1 saturated carbocycles. The lowest BCUT2D eigenvalue weighted by molar-refractivity contribution is 0.0691. The van der Waals surface area contributed by atoms with E-state index in [1.807, 2.05) is 0 Å². The molecule has 0 bridgehead atoms. The van der Waals surface area contributed by atoms with Crippen molar-refractivity contribution in [1.29, 1.82) is 0 Å². The number of aromatic nitrogens is 4. The topological polar surface area (TPSA) is 101 Å². The quantitative estimate of drug-likeness (QED) is 0.869. The van der Waals surface area contributed by atoms with Gasteiger partial charge in [0.15, 0.2) is 5.69 Å². The molecule has 7 nitrogen and oxygen atoms in total. The predicted molar refractivity (Wildman–Crippen MR) is 69.1 cm³/mol. The average molecular weight is 274 g/mol. The summed E-state index contributed by atoms with van der Waals surface area (Å²) in [4.78, 5) is 15.3. The third-order valence-electron chi connectivity index (χ3n) is 3.59. The van der Waals surface area contributed by atoms with Crippen molar-refractivity contribution >= 4 is 5.97 Å². The first-order chi connectivity index (χ1) is 9.68. The van der Waals surface area contributed by atoms with Crippen molar-refractivity contribution in [2.24, 2.45) is 0 Å². The molecule has 2 N–H and O–H groups in total. The molecule has 2 aromatic heterocycles. The second kappa shape index (κ2) is 5.01. The molecule has 20 heavy (non-hydrogen) atoms. The molecule has 7 heteroatoms. The molecule has 1 aliphatic carbocycles. The van der Waals surface area contributed by atoms with Crippen LogP contribution in [-0.4, -0.2) is 42.3 Å². The van der Waals surface area contributed by atoms with Crippen molar-refractivity contribution in [3.05, 3.63) is 30.2 Å². The SMILES string of the molecule is O=C(O)c1nnn(C2CCCC2O)c1-c1cccnc1. The Hall–Kier alpha value is -2.28. The molecule has 0 aliphatic heterocycles. The van der Waals surface area contributed by atoms with Gasteiger partial charge in [0.25, 0.3) is 0 Å². The van der Waals surface area contributed by atoms with Crippen LogP contribution in [0.15, 0.2) is 24.5 Å². The summed E-state index contributed by atoms with van der Waals surface area (Å²) >= 11 is 0. The van der Waals surface area contributed by atoms with Gasteiger partial charge in [-0.2, -0.15) is 0 Å². The number of pyridine rings is 1. The Morgan fingerprint density at radius 2 is 2.25 bits per heavy atom. The van der Waals surface area contributed by atoms with Crippen molar-refractivity contribution in [3.8, 4) is 11.3 Å². The van der Waals surface area contributed by atoms with Crippen LogP contribution in [0.25, 0.3) is 11.3 Å². The molecule has 0 saturated heterocycles. The van der Waals surface area contributed by atoms with Gasteiger partial charge in [0.05, 0.1) is 12.1 Å². The van der Waals surface area contributed by atoms with Crippen LogP contribution in [0, 0.1) is 0 Å². The summed E-state index contributed by atoms with van der Waals surface area (Å²) in [6.07, 6.45) is 5.01. The van der Waals surface area contributed by atoms with Crippen LogP contribution >= 0.6 is 0 Å². The zero-order valence-corrected chi connectivity index (χ0v) is 10.7. The lowest BCUT2D eigenvalue weighted by Gasteiger charge is -2.17. The maximum atomic E-state index is 11.3. The molecule has 2 unspecified atom stereocenters. The molecule has 0 amide bonds. The van der Waals surface area contributed by atoms with E-state index in [9.17, 15) is 15.0 Å². The highest BCUT2D eigenvalue weighted by molar-refractivity contribution is 5.92. The lowest BCUT2D eigenvalue weighted by Crippen LogP contribution is -2.20. The van der Waals surface area contributed by atoms with E-state index in [0.717, 1.165) is 12.8 Å². The van der Waals surface area contributed by atoms with Gasteiger partial charge in [-0.25, -0.2) is 9.48 Å². The van der Waals surface area contributed by atoms with Gasteiger partial charge in [0.2, 0.25) is 0 Å². The fourth-order valence-electron chi connectivity index (χ4n) is 2.65. The minimum absolute atomic E-state index is 0.114. The van der Waals surface area contributed by atoms with Gasteiger partial charge in [-0.15, -0.1) is 5.10 Å². The van der Waals surface area contributed by atoms with E-state index in [2.05, 4.69) is 15.3 Å². The Bertz CT molecular complexity index is 626. The Kier molecular flexibility index (Phi) is 3.19. The van der Waals surface area contributed by atoms with Crippen molar-refractivity contribution < 1.29 is 15.0 Å². The highest BCUT2D eigenvalue weighted by atomic mass is 16.4. The molecule has 1 aliphatic rings. The first-order valence-electron chi connectivity index (χ1n) is 6.45. The molecule has 2 atom stereocenters. The molecule has 104 valence electrons. The van der Waals surface area contributed by atoms with Gasteiger partial charge in [0, 0.05) is 18.0 Å². The van der Waals surface area contributed by atoms with Crippen molar-refractivity contribution in [2.75, 3.05) is 0 Å². The average Bonchev–Trinajstić information content (AvgIpc) is 3.05.